The summed E-state index contributed by atoms with van der Waals surface area (Å²) in [5, 5.41) is 0.745. The molecule has 0 spiro atoms. The number of ketones is 1. The average Bonchev–Trinajstić information content (AvgIpc) is 2.28. The third kappa shape index (κ3) is 2.74. The van der Waals surface area contributed by atoms with Crippen molar-refractivity contribution in [1.29, 1.82) is 0 Å². The van der Waals surface area contributed by atoms with E-state index in [1.165, 1.54) is 12.1 Å². The maximum absolute atomic E-state index is 13.7. The summed E-state index contributed by atoms with van der Waals surface area (Å²) in [4.78, 5) is 12.2. The fourth-order valence-electron chi connectivity index (χ4n) is 1.49. The topological polar surface area (TPSA) is 17.1 Å². The Hall–Kier alpha value is -0.900. The second-order valence-corrected chi connectivity index (χ2v) is 5.30. The predicted molar refractivity (Wildman–Crippen MR) is 74.0 cm³/mol. The van der Waals surface area contributed by atoms with Crippen LogP contribution in [0.3, 0.4) is 0 Å². The molecule has 0 fully saturated rings. The molecule has 2 aromatic rings. The molecule has 0 aliphatic carbocycles. The smallest absolute Gasteiger partial charge is 0.197 e. The third-order valence-electron chi connectivity index (χ3n) is 2.35. The van der Waals surface area contributed by atoms with Gasteiger partial charge in [0.25, 0.3) is 0 Å². The lowest BCUT2D eigenvalue weighted by Crippen LogP contribution is -2.05. The van der Waals surface area contributed by atoms with Crippen LogP contribution >= 0.6 is 39.1 Å². The minimum Gasteiger partial charge on any atom is -0.288 e. The van der Waals surface area contributed by atoms with Gasteiger partial charge in [-0.05, 0) is 52.3 Å². The van der Waals surface area contributed by atoms with Gasteiger partial charge in [0.1, 0.15) is 5.82 Å². The van der Waals surface area contributed by atoms with Gasteiger partial charge in [-0.1, -0.05) is 23.2 Å². The van der Waals surface area contributed by atoms with E-state index in [0.717, 1.165) is 6.07 Å². The molecule has 2 aromatic carbocycles. The second kappa shape index (κ2) is 5.39. The van der Waals surface area contributed by atoms with Crippen LogP contribution in [-0.2, 0) is 0 Å². The Morgan fingerprint density at radius 1 is 1.00 bits per heavy atom. The first-order valence-electron chi connectivity index (χ1n) is 4.94. The highest BCUT2D eigenvalue weighted by atomic mass is 79.9. The first kappa shape index (κ1) is 13.5. The predicted octanol–water partition coefficient (Wildman–Crippen LogP) is 5.13. The molecule has 0 amide bonds. The molecule has 0 aliphatic heterocycles. The van der Waals surface area contributed by atoms with Crippen LogP contribution in [0.15, 0.2) is 40.9 Å². The number of carbonyl (C=O) groups excluding carboxylic acids is 1. The van der Waals surface area contributed by atoms with Gasteiger partial charge in [-0.2, -0.15) is 0 Å². The van der Waals surface area contributed by atoms with Gasteiger partial charge in [-0.3, -0.25) is 4.79 Å². The highest BCUT2D eigenvalue weighted by Crippen LogP contribution is 2.25. The minimum atomic E-state index is -0.644. The molecule has 0 saturated carbocycles. The lowest BCUT2D eigenvalue weighted by atomic mass is 10.0. The number of rotatable bonds is 2. The van der Waals surface area contributed by atoms with Gasteiger partial charge in [-0.15, -0.1) is 0 Å². The van der Waals surface area contributed by atoms with Crippen molar-refractivity contribution in [1.82, 2.24) is 0 Å². The molecule has 0 saturated heterocycles. The van der Waals surface area contributed by atoms with Crippen molar-refractivity contribution in [3.05, 3.63) is 67.9 Å². The third-order valence-corrected chi connectivity index (χ3v) is 3.48. The minimum absolute atomic E-state index is 0.0255. The zero-order valence-electron chi connectivity index (χ0n) is 8.88. The van der Waals surface area contributed by atoms with Gasteiger partial charge < -0.3 is 0 Å². The molecular formula is C13H6BrCl2FO. The van der Waals surface area contributed by atoms with Crippen LogP contribution in [0.5, 0.6) is 0 Å². The van der Waals surface area contributed by atoms with E-state index in [0.29, 0.717) is 15.1 Å². The molecule has 0 unspecified atom stereocenters. The first-order valence-corrected chi connectivity index (χ1v) is 6.49. The Balaban J connectivity index is 2.48. The summed E-state index contributed by atoms with van der Waals surface area (Å²) in [6.07, 6.45) is 0. The van der Waals surface area contributed by atoms with Crippen molar-refractivity contribution >= 4 is 44.9 Å². The molecule has 5 heteroatoms. The molecule has 0 bridgehead atoms. The standard InChI is InChI=1S/C13H6BrCl2FO/c14-11-5-7(15)1-3-9(11)13(18)10-4-2-8(16)6-12(10)17/h1-6H. The van der Waals surface area contributed by atoms with Crippen LogP contribution in [0.2, 0.25) is 10.0 Å². The summed E-state index contributed by atoms with van der Waals surface area (Å²) in [5.74, 6) is -1.07. The maximum Gasteiger partial charge on any atom is 0.197 e. The Bertz CT molecular complexity index is 575. The van der Waals surface area contributed by atoms with Crippen molar-refractivity contribution in [2.45, 2.75) is 0 Å². The Labute approximate surface area is 122 Å². The van der Waals surface area contributed by atoms with Gasteiger partial charge >= 0.3 is 0 Å². The van der Waals surface area contributed by atoms with Crippen LogP contribution in [0.25, 0.3) is 0 Å². The van der Waals surface area contributed by atoms with Gasteiger partial charge in [0, 0.05) is 20.1 Å². The molecule has 0 aromatic heterocycles. The summed E-state index contributed by atoms with van der Waals surface area (Å²) in [6, 6.07) is 8.65. The largest absolute Gasteiger partial charge is 0.288 e. The van der Waals surface area contributed by atoms with Crippen molar-refractivity contribution < 1.29 is 9.18 Å². The number of hydrogen-bond donors (Lipinski definition) is 0. The number of halogens is 4. The quantitative estimate of drug-likeness (QED) is 0.688. The fraction of sp³-hybridized carbons (Fsp3) is 0. The van der Waals surface area contributed by atoms with E-state index in [1.54, 1.807) is 18.2 Å². The maximum atomic E-state index is 13.7. The van der Waals surface area contributed by atoms with Crippen molar-refractivity contribution in [3.8, 4) is 0 Å². The fourth-order valence-corrected chi connectivity index (χ4v) is 2.51. The zero-order chi connectivity index (χ0) is 13.3. The molecule has 1 nitrogen and oxygen atoms in total. The van der Waals surface area contributed by atoms with Crippen molar-refractivity contribution in [2.24, 2.45) is 0 Å². The van der Waals surface area contributed by atoms with E-state index in [1.807, 2.05) is 0 Å². The lowest BCUT2D eigenvalue weighted by Gasteiger charge is -2.05. The summed E-state index contributed by atoms with van der Waals surface area (Å²) in [5.41, 5.74) is 0.322. The van der Waals surface area contributed by atoms with Gasteiger partial charge in [0.2, 0.25) is 0 Å². The Morgan fingerprint density at radius 3 is 2.11 bits per heavy atom. The highest BCUT2D eigenvalue weighted by Gasteiger charge is 2.16. The summed E-state index contributed by atoms with van der Waals surface area (Å²) < 4.78 is 14.2. The molecule has 0 atom stereocenters. The van der Waals surface area contributed by atoms with Crippen molar-refractivity contribution in [2.75, 3.05) is 0 Å². The molecule has 0 radical (unpaired) electrons. The Morgan fingerprint density at radius 2 is 1.56 bits per heavy atom. The van der Waals surface area contributed by atoms with E-state index in [4.69, 9.17) is 23.2 Å². The lowest BCUT2D eigenvalue weighted by molar-refractivity contribution is 0.103. The summed E-state index contributed by atoms with van der Waals surface area (Å²) >= 11 is 14.7. The summed E-state index contributed by atoms with van der Waals surface area (Å²) in [7, 11) is 0. The molecule has 92 valence electrons. The summed E-state index contributed by atoms with van der Waals surface area (Å²) in [6.45, 7) is 0. The van der Waals surface area contributed by atoms with Crippen LogP contribution in [0.4, 0.5) is 4.39 Å². The average molecular weight is 348 g/mol. The van der Waals surface area contributed by atoms with Crippen LogP contribution in [-0.4, -0.2) is 5.78 Å². The monoisotopic (exact) mass is 346 g/mol. The van der Waals surface area contributed by atoms with Crippen molar-refractivity contribution in [3.63, 3.8) is 0 Å². The number of benzene rings is 2. The Kier molecular flexibility index (Phi) is 4.05. The number of hydrogen-bond acceptors (Lipinski definition) is 1. The first-order chi connectivity index (χ1) is 8.49. The van der Waals surface area contributed by atoms with E-state index in [2.05, 4.69) is 15.9 Å². The molecule has 0 aliphatic rings. The zero-order valence-corrected chi connectivity index (χ0v) is 12.0. The van der Waals surface area contributed by atoms with E-state index >= 15 is 0 Å². The second-order valence-electron chi connectivity index (χ2n) is 3.58. The number of carbonyl (C=O) groups is 1. The van der Waals surface area contributed by atoms with E-state index in [-0.39, 0.29) is 10.6 Å². The molecule has 0 N–H and O–H groups in total. The molecule has 0 heterocycles. The van der Waals surface area contributed by atoms with Crippen LogP contribution in [0.1, 0.15) is 15.9 Å². The molecular weight excluding hydrogens is 342 g/mol. The van der Waals surface area contributed by atoms with Crippen LogP contribution < -0.4 is 0 Å². The SMILES string of the molecule is O=C(c1ccc(Cl)cc1F)c1ccc(Cl)cc1Br. The van der Waals surface area contributed by atoms with E-state index in [9.17, 15) is 9.18 Å². The normalized spacial score (nSPS) is 10.4. The molecule has 18 heavy (non-hydrogen) atoms. The van der Waals surface area contributed by atoms with Gasteiger partial charge in [0.15, 0.2) is 5.78 Å². The molecule has 2 rings (SSSR count). The highest BCUT2D eigenvalue weighted by molar-refractivity contribution is 9.10. The van der Waals surface area contributed by atoms with Gasteiger partial charge in [-0.25, -0.2) is 4.39 Å². The van der Waals surface area contributed by atoms with Gasteiger partial charge in [0.05, 0.1) is 5.56 Å². The van der Waals surface area contributed by atoms with E-state index < -0.39 is 11.6 Å². The van der Waals surface area contributed by atoms with Crippen LogP contribution in [0, 0.1) is 5.82 Å².